The van der Waals surface area contributed by atoms with Gasteiger partial charge >= 0.3 is 11.9 Å². The van der Waals surface area contributed by atoms with Gasteiger partial charge < -0.3 is 29.0 Å². The molecule has 1 N–H and O–H groups in total. The molecule has 2 aromatic carbocycles. The zero-order chi connectivity index (χ0) is 29.5. The lowest BCUT2D eigenvalue weighted by Gasteiger charge is -2.18. The molecule has 1 aliphatic rings. The average molecular weight is 561 g/mol. The number of ether oxygens (including phenoxy) is 5. The van der Waals surface area contributed by atoms with Gasteiger partial charge in [-0.1, -0.05) is 24.3 Å². The monoisotopic (exact) mass is 560 g/mol. The van der Waals surface area contributed by atoms with E-state index in [1.165, 1.54) is 26.3 Å². The van der Waals surface area contributed by atoms with Crippen molar-refractivity contribution in [2.24, 2.45) is 5.92 Å². The van der Waals surface area contributed by atoms with Crippen molar-refractivity contribution >= 4 is 23.4 Å². The van der Waals surface area contributed by atoms with Crippen molar-refractivity contribution in [2.45, 2.75) is 32.7 Å². The summed E-state index contributed by atoms with van der Waals surface area (Å²) in [5.41, 5.74) is 2.08. The minimum absolute atomic E-state index is 0.0951. The van der Waals surface area contributed by atoms with Crippen LogP contribution in [0.15, 0.2) is 66.6 Å². The zero-order valence-corrected chi connectivity index (χ0v) is 23.6. The average Bonchev–Trinajstić information content (AvgIpc) is 3.84. The fourth-order valence-electron chi connectivity index (χ4n) is 4.06. The molecule has 3 aromatic rings. The smallest absolute Gasteiger partial charge is 0.333 e. The van der Waals surface area contributed by atoms with Crippen molar-refractivity contribution < 1.29 is 38.1 Å². The molecule has 0 aliphatic heterocycles. The number of nitrogens with one attached hydrogen (secondary N) is 1. The molecule has 1 amide bonds. The highest BCUT2D eigenvalue weighted by atomic mass is 16.6. The topological polar surface area (TPSA) is 122 Å². The number of pyridine rings is 1. The molecular formula is C31H32N2O8. The summed E-state index contributed by atoms with van der Waals surface area (Å²) in [6, 6.07) is 15.1. The highest BCUT2D eigenvalue weighted by molar-refractivity contribution is 5.99. The summed E-state index contributed by atoms with van der Waals surface area (Å²) in [7, 11) is 4.56. The van der Waals surface area contributed by atoms with Gasteiger partial charge in [-0.2, -0.15) is 0 Å². The van der Waals surface area contributed by atoms with Crippen molar-refractivity contribution in [2.75, 3.05) is 21.3 Å². The maximum Gasteiger partial charge on any atom is 0.333 e. The van der Waals surface area contributed by atoms with Crippen LogP contribution in [0.5, 0.6) is 23.0 Å². The summed E-state index contributed by atoms with van der Waals surface area (Å²) < 4.78 is 27.0. The summed E-state index contributed by atoms with van der Waals surface area (Å²) >= 11 is 0. The minimum atomic E-state index is -1.06. The molecular weight excluding hydrogens is 528 g/mol. The summed E-state index contributed by atoms with van der Waals surface area (Å²) in [4.78, 5) is 42.7. The van der Waals surface area contributed by atoms with Crippen LogP contribution in [-0.4, -0.2) is 50.2 Å². The summed E-state index contributed by atoms with van der Waals surface area (Å²) in [6.45, 7) is 3.17. The van der Waals surface area contributed by atoms with E-state index in [4.69, 9.17) is 23.7 Å². The van der Waals surface area contributed by atoms with Gasteiger partial charge in [-0.05, 0) is 62.1 Å². The molecule has 4 rings (SSSR count). The van der Waals surface area contributed by atoms with Crippen LogP contribution in [0, 0.1) is 5.92 Å². The van der Waals surface area contributed by atoms with E-state index in [1.807, 2.05) is 48.5 Å². The van der Waals surface area contributed by atoms with Gasteiger partial charge in [0.05, 0.1) is 27.2 Å². The summed E-state index contributed by atoms with van der Waals surface area (Å²) in [5, 5.41) is 2.58. The molecule has 1 aromatic heterocycles. The lowest BCUT2D eigenvalue weighted by Crippen LogP contribution is -2.40. The molecule has 1 atom stereocenters. The lowest BCUT2D eigenvalue weighted by atomic mass is 9.96. The van der Waals surface area contributed by atoms with E-state index >= 15 is 0 Å². The van der Waals surface area contributed by atoms with Gasteiger partial charge in [0, 0.05) is 17.8 Å². The molecule has 0 radical (unpaired) electrons. The Morgan fingerprint density at radius 3 is 1.90 bits per heavy atom. The molecule has 10 nitrogen and oxygen atoms in total. The number of hydrogen-bond acceptors (Lipinski definition) is 9. The van der Waals surface area contributed by atoms with E-state index in [9.17, 15) is 14.4 Å². The second-order valence-electron chi connectivity index (χ2n) is 9.39. The number of nitrogens with zero attached hydrogens (tertiary/aromatic N) is 1. The second kappa shape index (κ2) is 13.0. The predicted molar refractivity (Wildman–Crippen MR) is 150 cm³/mol. The molecule has 1 saturated carbocycles. The first-order valence-corrected chi connectivity index (χ1v) is 13.0. The standard InChI is InChI=1S/C31H32N2O8/c1-18(33-29(34)27-28(25(39-5)16-17-32-27)41-31(36)22-6-7-22)30(35)40-19(2)26(20-8-12-23(37-3)13-9-20)21-10-14-24(38-4)15-11-21/h8-18,22H,6-7H2,1-5H3,(H,33,34)/t18-/m0/s1. The maximum atomic E-state index is 13.1. The molecule has 1 fully saturated rings. The van der Waals surface area contributed by atoms with Gasteiger partial charge in [-0.15, -0.1) is 0 Å². The number of hydrogen-bond donors (Lipinski definition) is 1. The first kappa shape index (κ1) is 29.1. The summed E-state index contributed by atoms with van der Waals surface area (Å²) in [6.07, 6.45) is 2.81. The molecule has 1 aliphatic carbocycles. The van der Waals surface area contributed by atoms with Gasteiger partial charge in [0.2, 0.25) is 5.75 Å². The van der Waals surface area contributed by atoms with Gasteiger partial charge in [0.1, 0.15) is 23.3 Å². The number of amides is 1. The molecule has 0 unspecified atom stereocenters. The van der Waals surface area contributed by atoms with Crippen molar-refractivity contribution in [1.29, 1.82) is 0 Å². The first-order chi connectivity index (χ1) is 19.7. The largest absolute Gasteiger partial charge is 0.497 e. The Hall–Kier alpha value is -4.86. The third kappa shape index (κ3) is 7.02. The second-order valence-corrected chi connectivity index (χ2v) is 9.39. The molecule has 0 spiro atoms. The Balaban J connectivity index is 1.56. The lowest BCUT2D eigenvalue weighted by molar-refractivity contribution is -0.141. The van der Waals surface area contributed by atoms with Crippen LogP contribution in [0.1, 0.15) is 48.3 Å². The van der Waals surface area contributed by atoms with Crippen LogP contribution in [-0.2, 0) is 14.3 Å². The highest BCUT2D eigenvalue weighted by Crippen LogP contribution is 2.35. The fourth-order valence-corrected chi connectivity index (χ4v) is 4.06. The Kier molecular flexibility index (Phi) is 9.23. The van der Waals surface area contributed by atoms with Crippen molar-refractivity contribution in [3.63, 3.8) is 0 Å². The van der Waals surface area contributed by atoms with E-state index in [1.54, 1.807) is 21.1 Å². The van der Waals surface area contributed by atoms with Crippen LogP contribution in [0.25, 0.3) is 5.57 Å². The Labute approximate surface area is 238 Å². The number of rotatable bonds is 11. The first-order valence-electron chi connectivity index (χ1n) is 13.0. The van der Waals surface area contributed by atoms with Gasteiger partial charge in [0.15, 0.2) is 11.4 Å². The van der Waals surface area contributed by atoms with E-state index in [0.717, 1.165) is 24.0 Å². The Morgan fingerprint density at radius 1 is 0.854 bits per heavy atom. The number of carbonyl (C=O) groups is 3. The van der Waals surface area contributed by atoms with Crippen molar-refractivity contribution in [1.82, 2.24) is 10.3 Å². The van der Waals surface area contributed by atoms with Crippen LogP contribution >= 0.6 is 0 Å². The third-order valence-corrected chi connectivity index (χ3v) is 6.48. The van der Waals surface area contributed by atoms with Gasteiger partial charge in [-0.25, -0.2) is 9.78 Å². The van der Waals surface area contributed by atoms with Crippen LogP contribution in [0.3, 0.4) is 0 Å². The van der Waals surface area contributed by atoms with E-state index in [-0.39, 0.29) is 23.1 Å². The van der Waals surface area contributed by atoms with Gasteiger partial charge in [0.25, 0.3) is 5.91 Å². The van der Waals surface area contributed by atoms with Crippen LogP contribution < -0.4 is 24.3 Å². The third-order valence-electron chi connectivity index (χ3n) is 6.48. The quantitative estimate of drug-likeness (QED) is 0.266. The molecule has 0 saturated heterocycles. The number of methoxy groups -OCH3 is 3. The van der Waals surface area contributed by atoms with Crippen molar-refractivity contribution in [3.05, 3.63) is 83.4 Å². The zero-order valence-electron chi connectivity index (χ0n) is 23.6. The number of carbonyl (C=O) groups excluding carboxylic acids is 3. The fraction of sp³-hybridized carbons (Fsp3) is 0.290. The van der Waals surface area contributed by atoms with E-state index in [2.05, 4.69) is 10.3 Å². The molecule has 0 bridgehead atoms. The van der Waals surface area contributed by atoms with E-state index in [0.29, 0.717) is 22.8 Å². The maximum absolute atomic E-state index is 13.1. The number of aromatic nitrogens is 1. The predicted octanol–water partition coefficient (Wildman–Crippen LogP) is 4.56. The van der Waals surface area contributed by atoms with E-state index < -0.39 is 23.9 Å². The highest BCUT2D eigenvalue weighted by Gasteiger charge is 2.34. The van der Waals surface area contributed by atoms with Crippen LogP contribution in [0.4, 0.5) is 0 Å². The summed E-state index contributed by atoms with van der Waals surface area (Å²) in [5.74, 6) is -0.310. The molecule has 10 heteroatoms. The SMILES string of the molecule is COc1ccc(C(=C(C)OC(=O)[C@H](C)NC(=O)c2nccc(OC)c2OC(=O)C2CC2)c2ccc(OC)cc2)cc1. The molecule has 214 valence electrons. The number of allylic oxidation sites excluding steroid dienone is 1. The van der Waals surface area contributed by atoms with Crippen LogP contribution in [0.2, 0.25) is 0 Å². The van der Waals surface area contributed by atoms with Crippen molar-refractivity contribution in [3.8, 4) is 23.0 Å². The number of esters is 2. The Bertz CT molecular complexity index is 1390. The number of benzene rings is 2. The minimum Gasteiger partial charge on any atom is -0.497 e. The normalized spacial score (nSPS) is 12.9. The Morgan fingerprint density at radius 2 is 1.41 bits per heavy atom. The molecule has 1 heterocycles. The molecule has 41 heavy (non-hydrogen) atoms. The van der Waals surface area contributed by atoms with Gasteiger partial charge in [-0.3, -0.25) is 9.59 Å².